The van der Waals surface area contributed by atoms with Crippen LogP contribution in [0.25, 0.3) is 0 Å². The number of anilines is 3. The molecule has 1 aromatic heterocycles. The van der Waals surface area contributed by atoms with Crippen molar-refractivity contribution in [2.75, 3.05) is 17.7 Å². The lowest BCUT2D eigenvalue weighted by Crippen LogP contribution is -2.34. The number of nitrogens with zero attached hydrogens (tertiary/aromatic N) is 2. The fourth-order valence-corrected chi connectivity index (χ4v) is 2.10. The lowest BCUT2D eigenvalue weighted by molar-refractivity contribution is -0.122. The minimum absolute atomic E-state index is 0.0710. The van der Waals surface area contributed by atoms with Gasteiger partial charge in [-0.1, -0.05) is 0 Å². The number of benzene rings is 1. The second-order valence-electron chi connectivity index (χ2n) is 4.83. The summed E-state index contributed by atoms with van der Waals surface area (Å²) in [6, 6.07) is 5.16. The van der Waals surface area contributed by atoms with Crippen molar-refractivity contribution in [3.63, 3.8) is 0 Å². The Morgan fingerprint density at radius 1 is 1.35 bits per heavy atom. The van der Waals surface area contributed by atoms with Gasteiger partial charge in [0.2, 0.25) is 0 Å². The van der Waals surface area contributed by atoms with Crippen LogP contribution < -0.4 is 15.4 Å². The summed E-state index contributed by atoms with van der Waals surface area (Å²) < 4.78 is 10.2. The fraction of sp³-hybridized carbons (Fsp3) is 0.200. The number of ether oxygens (including phenoxy) is 2. The third-order valence-electron chi connectivity index (χ3n) is 3.25. The first kappa shape index (κ1) is 14.8. The molecule has 0 fully saturated rings. The van der Waals surface area contributed by atoms with Crippen LogP contribution >= 0.6 is 0 Å². The number of aromatic nitrogens is 2. The summed E-state index contributed by atoms with van der Waals surface area (Å²) in [5.41, 5.74) is 1.23. The van der Waals surface area contributed by atoms with Crippen LogP contribution in [-0.4, -0.2) is 35.1 Å². The summed E-state index contributed by atoms with van der Waals surface area (Å²) in [5.74, 6) is 0.0270. The van der Waals surface area contributed by atoms with Crippen LogP contribution in [0.5, 0.6) is 5.75 Å². The molecule has 8 heteroatoms. The Morgan fingerprint density at radius 3 is 2.91 bits per heavy atom. The van der Waals surface area contributed by atoms with E-state index in [1.807, 2.05) is 0 Å². The Morgan fingerprint density at radius 2 is 2.13 bits per heavy atom. The average Bonchev–Trinajstić information content (AvgIpc) is 2.56. The average molecular weight is 314 g/mol. The van der Waals surface area contributed by atoms with Gasteiger partial charge in [0.25, 0.3) is 5.91 Å². The van der Waals surface area contributed by atoms with Crippen molar-refractivity contribution in [1.82, 2.24) is 9.97 Å². The summed E-state index contributed by atoms with van der Waals surface area (Å²) in [6.45, 7) is 1.67. The Balaban J connectivity index is 1.89. The molecule has 0 saturated heterocycles. The number of carbonyl (C=O) groups excluding carboxylic acids is 2. The highest BCUT2D eigenvalue weighted by molar-refractivity contribution is 5.98. The van der Waals surface area contributed by atoms with E-state index in [1.54, 1.807) is 25.1 Å². The third-order valence-corrected chi connectivity index (χ3v) is 3.25. The molecule has 1 aromatic carbocycles. The van der Waals surface area contributed by atoms with Gasteiger partial charge in [-0.25, -0.2) is 14.8 Å². The molecule has 2 heterocycles. The molecule has 3 rings (SSSR count). The van der Waals surface area contributed by atoms with Crippen LogP contribution in [0.4, 0.5) is 17.2 Å². The quantitative estimate of drug-likeness (QED) is 0.832. The smallest absolute Gasteiger partial charge is 0.360 e. The molecule has 2 aromatic rings. The van der Waals surface area contributed by atoms with Crippen LogP contribution in [0, 0.1) is 0 Å². The maximum Gasteiger partial charge on any atom is 0.360 e. The Hall–Kier alpha value is -3.16. The number of carbonyl (C=O) groups is 2. The van der Waals surface area contributed by atoms with Gasteiger partial charge in [0.1, 0.15) is 5.75 Å². The molecule has 0 radical (unpaired) electrons. The van der Waals surface area contributed by atoms with Crippen LogP contribution in [0.1, 0.15) is 17.4 Å². The first-order valence-electron chi connectivity index (χ1n) is 6.86. The molecular formula is C15H14N4O4. The number of hydrogen-bond donors (Lipinski definition) is 2. The molecule has 0 spiro atoms. The van der Waals surface area contributed by atoms with Crippen LogP contribution in [0.2, 0.25) is 0 Å². The lowest BCUT2D eigenvalue weighted by Gasteiger charge is -2.23. The minimum Gasteiger partial charge on any atom is -0.479 e. The molecule has 1 aliphatic rings. The molecule has 0 bridgehead atoms. The van der Waals surface area contributed by atoms with E-state index in [0.29, 0.717) is 17.1 Å². The van der Waals surface area contributed by atoms with Gasteiger partial charge in [0.15, 0.2) is 17.6 Å². The molecule has 23 heavy (non-hydrogen) atoms. The zero-order valence-corrected chi connectivity index (χ0v) is 12.5. The van der Waals surface area contributed by atoms with E-state index < -0.39 is 12.1 Å². The zero-order chi connectivity index (χ0) is 16.4. The SMILES string of the molecule is COC(=O)c1nccnc1Nc1ccc2c(c1)NC(=O)C(C)O2. The molecule has 0 aliphatic carbocycles. The van der Waals surface area contributed by atoms with E-state index in [0.717, 1.165) is 0 Å². The highest BCUT2D eigenvalue weighted by Crippen LogP contribution is 2.33. The van der Waals surface area contributed by atoms with Crippen LogP contribution in [-0.2, 0) is 9.53 Å². The van der Waals surface area contributed by atoms with Crippen molar-refractivity contribution < 1.29 is 19.1 Å². The van der Waals surface area contributed by atoms with Gasteiger partial charge in [-0.05, 0) is 25.1 Å². The summed E-state index contributed by atoms with van der Waals surface area (Å²) in [5, 5.41) is 5.74. The molecule has 1 amide bonds. The predicted molar refractivity (Wildman–Crippen MR) is 81.8 cm³/mol. The predicted octanol–water partition coefficient (Wildman–Crippen LogP) is 1.73. The Labute approximate surface area is 131 Å². The van der Waals surface area contributed by atoms with Gasteiger partial charge in [-0.15, -0.1) is 0 Å². The molecule has 118 valence electrons. The van der Waals surface area contributed by atoms with Gasteiger partial charge in [-0.3, -0.25) is 4.79 Å². The first-order valence-corrected chi connectivity index (χ1v) is 6.86. The van der Waals surface area contributed by atoms with Crippen molar-refractivity contribution in [2.45, 2.75) is 13.0 Å². The third kappa shape index (κ3) is 2.91. The summed E-state index contributed by atoms with van der Waals surface area (Å²) in [4.78, 5) is 31.4. The molecule has 1 unspecified atom stereocenters. The van der Waals surface area contributed by atoms with Crippen LogP contribution in [0.3, 0.4) is 0 Å². The molecular weight excluding hydrogens is 300 g/mol. The van der Waals surface area contributed by atoms with E-state index in [2.05, 4.69) is 25.3 Å². The molecule has 1 aliphatic heterocycles. The molecule has 2 N–H and O–H groups in total. The maximum atomic E-state index is 11.7. The van der Waals surface area contributed by atoms with Gasteiger partial charge in [0, 0.05) is 18.1 Å². The highest BCUT2D eigenvalue weighted by atomic mass is 16.5. The first-order chi connectivity index (χ1) is 11.1. The number of methoxy groups -OCH3 is 1. The van der Waals surface area contributed by atoms with Gasteiger partial charge >= 0.3 is 5.97 Å². The second-order valence-corrected chi connectivity index (χ2v) is 4.83. The second kappa shape index (κ2) is 5.91. The summed E-state index contributed by atoms with van der Waals surface area (Å²) in [6.07, 6.45) is 2.33. The normalized spacial score (nSPS) is 15.9. The maximum absolute atomic E-state index is 11.7. The van der Waals surface area contributed by atoms with Gasteiger partial charge < -0.3 is 20.1 Å². The van der Waals surface area contributed by atoms with Crippen molar-refractivity contribution in [3.05, 3.63) is 36.3 Å². The minimum atomic E-state index is -0.593. The van der Waals surface area contributed by atoms with Gasteiger partial charge in [0.05, 0.1) is 12.8 Å². The number of amides is 1. The Bertz CT molecular complexity index is 778. The number of nitrogens with one attached hydrogen (secondary N) is 2. The monoisotopic (exact) mass is 314 g/mol. The standard InChI is InChI=1S/C15H14N4O4/c1-8-14(20)19-10-7-9(3-4-11(10)23-8)18-13-12(15(21)22-2)16-5-6-17-13/h3-8H,1-2H3,(H,17,18)(H,19,20). The Kier molecular flexibility index (Phi) is 3.80. The van der Waals surface area contributed by atoms with Crippen molar-refractivity contribution in [2.24, 2.45) is 0 Å². The van der Waals surface area contributed by atoms with E-state index >= 15 is 0 Å². The largest absolute Gasteiger partial charge is 0.479 e. The summed E-state index contributed by atoms with van der Waals surface area (Å²) >= 11 is 0. The van der Waals surface area contributed by atoms with Crippen LogP contribution in [0.15, 0.2) is 30.6 Å². The number of hydrogen-bond acceptors (Lipinski definition) is 7. The molecule has 1 atom stereocenters. The van der Waals surface area contributed by atoms with Crippen molar-refractivity contribution >= 4 is 29.1 Å². The van der Waals surface area contributed by atoms with E-state index in [9.17, 15) is 9.59 Å². The molecule has 8 nitrogen and oxygen atoms in total. The zero-order valence-electron chi connectivity index (χ0n) is 12.5. The van der Waals surface area contributed by atoms with E-state index in [4.69, 9.17) is 4.74 Å². The number of esters is 1. The number of rotatable bonds is 3. The summed E-state index contributed by atoms with van der Waals surface area (Å²) in [7, 11) is 1.27. The number of fused-ring (bicyclic) bond motifs is 1. The van der Waals surface area contributed by atoms with Gasteiger partial charge in [-0.2, -0.15) is 0 Å². The highest BCUT2D eigenvalue weighted by Gasteiger charge is 2.23. The van der Waals surface area contributed by atoms with Crippen molar-refractivity contribution in [1.29, 1.82) is 0 Å². The van der Waals surface area contributed by atoms with E-state index in [1.165, 1.54) is 19.5 Å². The lowest BCUT2D eigenvalue weighted by atomic mass is 10.2. The molecule has 0 saturated carbocycles. The van der Waals surface area contributed by atoms with Crippen molar-refractivity contribution in [3.8, 4) is 5.75 Å². The topological polar surface area (TPSA) is 102 Å². The van der Waals surface area contributed by atoms with E-state index in [-0.39, 0.29) is 17.4 Å². The fourth-order valence-electron chi connectivity index (χ4n) is 2.10.